The van der Waals surface area contributed by atoms with Crippen LogP contribution in [0.25, 0.3) is 0 Å². The van der Waals surface area contributed by atoms with E-state index < -0.39 is 11.5 Å². The largest absolute Gasteiger partial charge is 0.480 e. The number of hydrogen-bond donors (Lipinski definition) is 2. The van der Waals surface area contributed by atoms with Crippen LogP contribution in [0.3, 0.4) is 0 Å². The van der Waals surface area contributed by atoms with E-state index in [0.29, 0.717) is 6.54 Å². The lowest BCUT2D eigenvalue weighted by molar-refractivity contribution is -0.148. The number of rotatable bonds is 4. The zero-order valence-corrected chi connectivity index (χ0v) is 8.44. The molecule has 1 aromatic rings. The third-order valence-corrected chi connectivity index (χ3v) is 2.95. The maximum absolute atomic E-state index is 11.0. The highest BCUT2D eigenvalue weighted by molar-refractivity contribution is 5.79. The van der Waals surface area contributed by atoms with Crippen molar-refractivity contribution in [2.24, 2.45) is 0 Å². The molecular weight excluding hydrogens is 192 g/mol. The van der Waals surface area contributed by atoms with Crippen LogP contribution in [0.5, 0.6) is 0 Å². The number of pyridine rings is 1. The topological polar surface area (TPSA) is 62.2 Å². The van der Waals surface area contributed by atoms with Crippen molar-refractivity contribution in [1.82, 2.24) is 10.3 Å². The molecule has 0 atom stereocenters. The van der Waals surface area contributed by atoms with Crippen LogP contribution in [-0.4, -0.2) is 21.6 Å². The predicted octanol–water partition coefficient (Wildman–Crippen LogP) is 1.18. The van der Waals surface area contributed by atoms with Crippen molar-refractivity contribution in [1.29, 1.82) is 0 Å². The summed E-state index contributed by atoms with van der Waals surface area (Å²) >= 11 is 0. The lowest BCUT2D eigenvalue weighted by atomic mass is 9.77. The molecule has 1 heterocycles. The van der Waals surface area contributed by atoms with Gasteiger partial charge in [0.25, 0.3) is 0 Å². The summed E-state index contributed by atoms with van der Waals surface area (Å²) in [7, 11) is 0. The number of hydrogen-bond acceptors (Lipinski definition) is 3. The molecule has 0 saturated heterocycles. The van der Waals surface area contributed by atoms with E-state index in [1.165, 1.54) is 0 Å². The van der Waals surface area contributed by atoms with Crippen LogP contribution in [0.2, 0.25) is 0 Å². The highest BCUT2D eigenvalue weighted by atomic mass is 16.4. The van der Waals surface area contributed by atoms with E-state index in [9.17, 15) is 4.79 Å². The van der Waals surface area contributed by atoms with Crippen molar-refractivity contribution in [3.63, 3.8) is 0 Å². The van der Waals surface area contributed by atoms with Crippen LogP contribution >= 0.6 is 0 Å². The minimum absolute atomic E-state index is 0.521. The molecule has 1 saturated carbocycles. The molecule has 15 heavy (non-hydrogen) atoms. The van der Waals surface area contributed by atoms with E-state index in [0.717, 1.165) is 25.0 Å². The molecule has 1 fully saturated rings. The van der Waals surface area contributed by atoms with Crippen LogP contribution in [0.1, 0.15) is 25.0 Å². The number of carboxylic acid groups (broad SMARTS) is 1. The van der Waals surface area contributed by atoms with Crippen LogP contribution in [0, 0.1) is 0 Å². The molecule has 1 aliphatic carbocycles. The molecule has 0 unspecified atom stereocenters. The second kappa shape index (κ2) is 3.98. The average molecular weight is 206 g/mol. The van der Waals surface area contributed by atoms with Gasteiger partial charge in [0, 0.05) is 12.7 Å². The summed E-state index contributed by atoms with van der Waals surface area (Å²) in [6.07, 6.45) is 4.14. The van der Waals surface area contributed by atoms with E-state index >= 15 is 0 Å². The van der Waals surface area contributed by atoms with Crippen molar-refractivity contribution < 1.29 is 9.90 Å². The molecule has 1 aliphatic rings. The summed E-state index contributed by atoms with van der Waals surface area (Å²) in [5.74, 6) is -0.746. The number of carbonyl (C=O) groups is 1. The SMILES string of the molecule is O=C(O)C1(NCc2ccccn2)CCC1. The molecule has 0 amide bonds. The third-order valence-electron chi connectivity index (χ3n) is 2.95. The fourth-order valence-electron chi connectivity index (χ4n) is 1.76. The Morgan fingerprint density at radius 2 is 2.33 bits per heavy atom. The summed E-state index contributed by atoms with van der Waals surface area (Å²) in [4.78, 5) is 15.2. The fourth-order valence-corrected chi connectivity index (χ4v) is 1.76. The molecule has 1 aromatic heterocycles. The minimum Gasteiger partial charge on any atom is -0.480 e. The van der Waals surface area contributed by atoms with Crippen molar-refractivity contribution >= 4 is 5.97 Å². The first-order chi connectivity index (χ1) is 7.23. The van der Waals surface area contributed by atoms with Crippen molar-refractivity contribution in [3.8, 4) is 0 Å². The number of aliphatic carboxylic acids is 1. The van der Waals surface area contributed by atoms with Crippen LogP contribution < -0.4 is 5.32 Å². The van der Waals surface area contributed by atoms with Gasteiger partial charge in [0.1, 0.15) is 5.54 Å². The molecule has 0 aromatic carbocycles. The van der Waals surface area contributed by atoms with Gasteiger partial charge in [-0.25, -0.2) is 0 Å². The van der Waals surface area contributed by atoms with Gasteiger partial charge in [0.15, 0.2) is 0 Å². The Balaban J connectivity index is 1.95. The Labute approximate surface area is 88.3 Å². The number of carboxylic acids is 1. The van der Waals surface area contributed by atoms with Gasteiger partial charge in [0.05, 0.1) is 5.69 Å². The maximum Gasteiger partial charge on any atom is 0.323 e. The average Bonchev–Trinajstić information content (AvgIpc) is 2.17. The lowest BCUT2D eigenvalue weighted by Gasteiger charge is -2.38. The van der Waals surface area contributed by atoms with Crippen molar-refractivity contribution in [3.05, 3.63) is 30.1 Å². The Morgan fingerprint density at radius 3 is 2.80 bits per heavy atom. The predicted molar refractivity (Wildman–Crippen MR) is 55.3 cm³/mol. The van der Waals surface area contributed by atoms with Gasteiger partial charge in [-0.3, -0.25) is 15.1 Å². The van der Waals surface area contributed by atoms with Crippen LogP contribution in [0.4, 0.5) is 0 Å². The molecule has 2 N–H and O–H groups in total. The van der Waals surface area contributed by atoms with Gasteiger partial charge in [0.2, 0.25) is 0 Å². The van der Waals surface area contributed by atoms with Crippen molar-refractivity contribution in [2.45, 2.75) is 31.3 Å². The quantitative estimate of drug-likeness (QED) is 0.776. The molecule has 80 valence electrons. The van der Waals surface area contributed by atoms with E-state index in [1.54, 1.807) is 6.20 Å². The summed E-state index contributed by atoms with van der Waals surface area (Å²) in [5.41, 5.74) is 0.183. The minimum atomic E-state index is -0.746. The second-order valence-corrected chi connectivity index (χ2v) is 3.92. The third kappa shape index (κ3) is 1.99. The van der Waals surface area contributed by atoms with Gasteiger partial charge >= 0.3 is 5.97 Å². The Morgan fingerprint density at radius 1 is 1.53 bits per heavy atom. The van der Waals surface area contributed by atoms with Gasteiger partial charge in [-0.15, -0.1) is 0 Å². The first kappa shape index (κ1) is 10.1. The molecule has 4 heteroatoms. The van der Waals surface area contributed by atoms with Crippen LogP contribution in [0.15, 0.2) is 24.4 Å². The van der Waals surface area contributed by atoms with E-state index in [4.69, 9.17) is 5.11 Å². The van der Waals surface area contributed by atoms with Crippen molar-refractivity contribution in [2.75, 3.05) is 0 Å². The zero-order valence-electron chi connectivity index (χ0n) is 8.44. The summed E-state index contributed by atoms with van der Waals surface area (Å²) in [6, 6.07) is 5.64. The van der Waals surface area contributed by atoms with E-state index in [1.807, 2.05) is 18.2 Å². The smallest absolute Gasteiger partial charge is 0.323 e. The van der Waals surface area contributed by atoms with Gasteiger partial charge in [-0.2, -0.15) is 0 Å². The Bertz CT molecular complexity index is 347. The fraction of sp³-hybridized carbons (Fsp3) is 0.455. The maximum atomic E-state index is 11.0. The first-order valence-electron chi connectivity index (χ1n) is 5.11. The van der Waals surface area contributed by atoms with Gasteiger partial charge in [-0.05, 0) is 31.4 Å². The number of nitrogens with one attached hydrogen (secondary N) is 1. The standard InChI is InChI=1S/C11H14N2O2/c14-10(15)11(5-3-6-11)13-8-9-4-1-2-7-12-9/h1-2,4,7,13H,3,5-6,8H2,(H,14,15). The molecule has 0 bridgehead atoms. The van der Waals surface area contributed by atoms with E-state index in [2.05, 4.69) is 10.3 Å². The van der Waals surface area contributed by atoms with Gasteiger partial charge < -0.3 is 5.11 Å². The van der Waals surface area contributed by atoms with Gasteiger partial charge in [-0.1, -0.05) is 6.07 Å². The lowest BCUT2D eigenvalue weighted by Crippen LogP contribution is -2.56. The highest BCUT2D eigenvalue weighted by Crippen LogP contribution is 2.32. The summed E-state index contributed by atoms with van der Waals surface area (Å²) < 4.78 is 0. The molecule has 0 radical (unpaired) electrons. The Kier molecular flexibility index (Phi) is 2.68. The zero-order chi connectivity index (χ0) is 10.7. The number of nitrogens with zero attached hydrogens (tertiary/aromatic N) is 1. The van der Waals surface area contributed by atoms with E-state index in [-0.39, 0.29) is 0 Å². The summed E-state index contributed by atoms with van der Waals surface area (Å²) in [5, 5.41) is 12.2. The molecule has 2 rings (SSSR count). The molecule has 4 nitrogen and oxygen atoms in total. The summed E-state index contributed by atoms with van der Waals surface area (Å²) in [6.45, 7) is 0.521. The molecular formula is C11H14N2O2. The number of aromatic nitrogens is 1. The second-order valence-electron chi connectivity index (χ2n) is 3.92. The molecule has 0 spiro atoms. The van der Waals surface area contributed by atoms with Crippen LogP contribution in [-0.2, 0) is 11.3 Å². The molecule has 0 aliphatic heterocycles. The normalized spacial score (nSPS) is 18.1. The Hall–Kier alpha value is -1.42. The monoisotopic (exact) mass is 206 g/mol. The highest BCUT2D eigenvalue weighted by Gasteiger charge is 2.43. The first-order valence-corrected chi connectivity index (χ1v) is 5.11.